The van der Waals surface area contributed by atoms with Gasteiger partial charge in [0.05, 0.1) is 16.4 Å². The minimum absolute atomic E-state index is 0.0570. The predicted molar refractivity (Wildman–Crippen MR) is 93.5 cm³/mol. The molecule has 2 heterocycles. The number of nitro benzene ring substituents is 1. The van der Waals surface area contributed by atoms with Crippen LogP contribution in [-0.4, -0.2) is 9.49 Å². The van der Waals surface area contributed by atoms with Crippen LogP contribution in [0.3, 0.4) is 0 Å². The molecule has 8 heteroatoms. The number of hydrogen-bond donors (Lipinski definition) is 1. The predicted octanol–water partition coefficient (Wildman–Crippen LogP) is 2.30. The van der Waals surface area contributed by atoms with Crippen LogP contribution in [0.25, 0.3) is 0 Å². The number of rotatable bonds is 3. The molecule has 26 heavy (non-hydrogen) atoms. The van der Waals surface area contributed by atoms with Gasteiger partial charge in [-0.3, -0.25) is 14.9 Å². The topological polar surface area (TPSA) is 124 Å². The van der Waals surface area contributed by atoms with Crippen LogP contribution < -0.4 is 16.0 Å². The van der Waals surface area contributed by atoms with Crippen LogP contribution in [0.5, 0.6) is 5.75 Å². The lowest BCUT2D eigenvalue weighted by Gasteiger charge is -2.27. The fraction of sp³-hybridized carbons (Fsp3) is 0.222. The van der Waals surface area contributed by atoms with Gasteiger partial charge >= 0.3 is 0 Å². The van der Waals surface area contributed by atoms with Gasteiger partial charge in [0.1, 0.15) is 17.4 Å². The number of ether oxygens (including phenoxy) is 1. The summed E-state index contributed by atoms with van der Waals surface area (Å²) in [7, 11) is 0. The van der Waals surface area contributed by atoms with E-state index in [9.17, 15) is 20.2 Å². The van der Waals surface area contributed by atoms with Gasteiger partial charge in [0.25, 0.3) is 11.2 Å². The van der Waals surface area contributed by atoms with Gasteiger partial charge < -0.3 is 15.0 Å². The van der Waals surface area contributed by atoms with E-state index in [0.717, 1.165) is 0 Å². The van der Waals surface area contributed by atoms with Gasteiger partial charge in [-0.25, -0.2) is 0 Å². The largest absolute Gasteiger partial charge is 0.440 e. The summed E-state index contributed by atoms with van der Waals surface area (Å²) in [6.45, 7) is 4.06. The van der Waals surface area contributed by atoms with E-state index < -0.39 is 10.8 Å². The molecule has 0 bridgehead atoms. The van der Waals surface area contributed by atoms with E-state index in [1.807, 2.05) is 13.0 Å². The van der Waals surface area contributed by atoms with Gasteiger partial charge in [-0.15, -0.1) is 0 Å². The first kappa shape index (κ1) is 17.2. The number of hydrogen-bond acceptors (Lipinski definition) is 6. The van der Waals surface area contributed by atoms with Gasteiger partial charge in [0.15, 0.2) is 0 Å². The fourth-order valence-corrected chi connectivity index (χ4v) is 3.23. The molecule has 1 aromatic heterocycles. The molecule has 0 amide bonds. The maximum atomic E-state index is 13.0. The summed E-state index contributed by atoms with van der Waals surface area (Å²) in [4.78, 5) is 23.6. The molecule has 1 aromatic carbocycles. The second-order valence-electron chi connectivity index (χ2n) is 5.89. The van der Waals surface area contributed by atoms with E-state index in [2.05, 4.69) is 0 Å². The molecule has 0 fully saturated rings. The Bertz CT molecular complexity index is 1050. The number of pyridine rings is 1. The SMILES string of the molecule is CCn1c(C)cc2c(c1=O)[C@H](c1cccc([N+](=O)[O-])c1)C(C#N)=C(N)O2. The van der Waals surface area contributed by atoms with Crippen molar-refractivity contribution in [2.45, 2.75) is 26.3 Å². The molecule has 0 radical (unpaired) electrons. The van der Waals surface area contributed by atoms with Gasteiger partial charge in [-0.2, -0.15) is 5.26 Å². The zero-order chi connectivity index (χ0) is 19.0. The molecule has 8 nitrogen and oxygen atoms in total. The quantitative estimate of drug-likeness (QED) is 0.667. The second kappa shape index (κ2) is 6.37. The summed E-state index contributed by atoms with van der Waals surface area (Å²) >= 11 is 0. The molecular formula is C18H16N4O4. The average molecular weight is 352 g/mol. The van der Waals surface area contributed by atoms with Crippen LogP contribution in [0.1, 0.15) is 29.7 Å². The molecule has 3 rings (SSSR count). The smallest absolute Gasteiger partial charge is 0.269 e. The monoisotopic (exact) mass is 352 g/mol. The van der Waals surface area contributed by atoms with Crippen molar-refractivity contribution in [3.8, 4) is 11.8 Å². The van der Waals surface area contributed by atoms with Crippen molar-refractivity contribution < 1.29 is 9.66 Å². The Hall–Kier alpha value is -3.60. The van der Waals surface area contributed by atoms with E-state index in [1.54, 1.807) is 23.6 Å². The molecular weight excluding hydrogens is 336 g/mol. The highest BCUT2D eigenvalue weighted by molar-refractivity contribution is 5.56. The number of nitrogens with zero attached hydrogens (tertiary/aromatic N) is 3. The average Bonchev–Trinajstić information content (AvgIpc) is 2.61. The van der Waals surface area contributed by atoms with Crippen LogP contribution in [0.2, 0.25) is 0 Å². The third-order valence-electron chi connectivity index (χ3n) is 4.42. The maximum absolute atomic E-state index is 13.0. The summed E-state index contributed by atoms with van der Waals surface area (Å²) in [5.74, 6) is -0.663. The summed E-state index contributed by atoms with van der Waals surface area (Å²) in [5, 5.41) is 20.7. The molecule has 1 aliphatic heterocycles. The Morgan fingerprint density at radius 2 is 2.15 bits per heavy atom. The van der Waals surface area contributed by atoms with E-state index in [-0.39, 0.29) is 34.0 Å². The zero-order valence-electron chi connectivity index (χ0n) is 14.2. The third kappa shape index (κ3) is 2.59. The molecule has 0 saturated heterocycles. The summed E-state index contributed by atoms with van der Waals surface area (Å²) in [5.41, 5.74) is 6.90. The van der Waals surface area contributed by atoms with E-state index in [1.165, 1.54) is 18.2 Å². The summed E-state index contributed by atoms with van der Waals surface area (Å²) in [6, 6.07) is 9.51. The highest BCUT2D eigenvalue weighted by atomic mass is 16.6. The van der Waals surface area contributed by atoms with Crippen molar-refractivity contribution in [3.63, 3.8) is 0 Å². The number of nitrogens with two attached hydrogens (primary N) is 1. The van der Waals surface area contributed by atoms with Crippen molar-refractivity contribution in [1.29, 1.82) is 5.26 Å². The molecule has 1 aliphatic rings. The van der Waals surface area contributed by atoms with Gasteiger partial charge in [-0.05, 0) is 19.4 Å². The van der Waals surface area contributed by atoms with Crippen LogP contribution in [0.15, 0.2) is 46.6 Å². The van der Waals surface area contributed by atoms with Gasteiger partial charge in [0.2, 0.25) is 5.88 Å². The minimum Gasteiger partial charge on any atom is -0.440 e. The Labute approximate surface area is 148 Å². The molecule has 0 spiro atoms. The highest BCUT2D eigenvalue weighted by Crippen LogP contribution is 2.41. The third-order valence-corrected chi connectivity index (χ3v) is 4.42. The first-order valence-corrected chi connectivity index (χ1v) is 7.95. The van der Waals surface area contributed by atoms with E-state index in [0.29, 0.717) is 17.8 Å². The van der Waals surface area contributed by atoms with Crippen LogP contribution in [0, 0.1) is 28.4 Å². The van der Waals surface area contributed by atoms with Crippen LogP contribution in [0.4, 0.5) is 5.69 Å². The number of non-ortho nitro benzene ring substituents is 1. The van der Waals surface area contributed by atoms with Crippen molar-refractivity contribution in [2.75, 3.05) is 0 Å². The lowest BCUT2D eigenvalue weighted by atomic mass is 9.84. The number of nitro groups is 1. The van der Waals surface area contributed by atoms with Crippen LogP contribution in [-0.2, 0) is 6.54 Å². The molecule has 0 aliphatic carbocycles. The van der Waals surface area contributed by atoms with Crippen molar-refractivity contribution in [1.82, 2.24) is 4.57 Å². The summed E-state index contributed by atoms with van der Waals surface area (Å²) in [6.07, 6.45) is 0. The Balaban J connectivity index is 2.34. The standard InChI is InChI=1S/C18H16N4O4/c1-3-21-10(2)7-14-16(18(21)23)15(13(9-19)17(20)26-14)11-5-4-6-12(8-11)22(24)25/h4-8,15H,3,20H2,1-2H3/t15-/m1/s1. The summed E-state index contributed by atoms with van der Waals surface area (Å²) < 4.78 is 7.07. The van der Waals surface area contributed by atoms with Crippen molar-refractivity contribution in [2.24, 2.45) is 5.73 Å². The number of aromatic nitrogens is 1. The fourth-order valence-electron chi connectivity index (χ4n) is 3.23. The van der Waals surface area contributed by atoms with Crippen molar-refractivity contribution >= 4 is 5.69 Å². The Kier molecular flexibility index (Phi) is 4.22. The molecule has 1 atom stereocenters. The Morgan fingerprint density at radius 1 is 1.42 bits per heavy atom. The number of allylic oxidation sites excluding steroid dienone is 1. The van der Waals surface area contributed by atoms with E-state index >= 15 is 0 Å². The number of benzene rings is 1. The minimum atomic E-state index is -0.824. The second-order valence-corrected chi connectivity index (χ2v) is 5.89. The molecule has 2 N–H and O–H groups in total. The molecule has 0 unspecified atom stereocenters. The first-order valence-electron chi connectivity index (χ1n) is 7.95. The number of aryl methyl sites for hydroxylation is 1. The van der Waals surface area contributed by atoms with Crippen LogP contribution >= 0.6 is 0 Å². The normalized spacial score (nSPS) is 15.8. The van der Waals surface area contributed by atoms with Gasteiger partial charge in [-0.1, -0.05) is 12.1 Å². The molecule has 132 valence electrons. The molecule has 0 saturated carbocycles. The zero-order valence-corrected chi connectivity index (χ0v) is 14.2. The van der Waals surface area contributed by atoms with Gasteiger partial charge in [0, 0.05) is 30.4 Å². The highest BCUT2D eigenvalue weighted by Gasteiger charge is 2.34. The van der Waals surface area contributed by atoms with Crippen molar-refractivity contribution in [3.05, 3.63) is 79.1 Å². The molecule has 2 aromatic rings. The van der Waals surface area contributed by atoms with E-state index in [4.69, 9.17) is 10.5 Å². The Morgan fingerprint density at radius 3 is 2.77 bits per heavy atom. The number of fused-ring (bicyclic) bond motifs is 1. The lowest BCUT2D eigenvalue weighted by molar-refractivity contribution is -0.384. The number of nitriles is 1. The first-order chi connectivity index (χ1) is 12.4. The lowest BCUT2D eigenvalue weighted by Crippen LogP contribution is -2.32. The maximum Gasteiger partial charge on any atom is 0.269 e.